The second-order valence-electron chi connectivity index (χ2n) is 6.89. The van der Waals surface area contributed by atoms with Crippen LogP contribution < -0.4 is 10.1 Å². The van der Waals surface area contributed by atoms with Crippen LogP contribution in [0.1, 0.15) is 41.5 Å². The fraction of sp³-hybridized carbons (Fsp3) is 0.688. The number of pyridine rings is 1. The molecule has 1 aliphatic rings. The molecule has 0 unspecified atom stereocenters. The molecule has 0 bridgehead atoms. The summed E-state index contributed by atoms with van der Waals surface area (Å²) in [5, 5.41) is 3.46. The number of nitrogens with zero attached hydrogens (tertiary/aromatic N) is 1. The average molecular weight is 262 g/mol. The van der Waals surface area contributed by atoms with Crippen molar-refractivity contribution < 1.29 is 4.74 Å². The van der Waals surface area contributed by atoms with Gasteiger partial charge in [-0.15, -0.1) is 0 Å². The first-order chi connectivity index (χ1) is 8.76. The van der Waals surface area contributed by atoms with E-state index in [1.165, 1.54) is 0 Å². The lowest BCUT2D eigenvalue weighted by Gasteiger charge is -2.14. The zero-order valence-corrected chi connectivity index (χ0v) is 12.9. The third kappa shape index (κ3) is 2.56. The molecule has 1 aliphatic carbocycles. The van der Waals surface area contributed by atoms with E-state index < -0.39 is 0 Å². The van der Waals surface area contributed by atoms with Gasteiger partial charge in [-0.2, -0.15) is 0 Å². The Labute approximate surface area is 116 Å². The van der Waals surface area contributed by atoms with Gasteiger partial charge in [-0.1, -0.05) is 27.7 Å². The molecular weight excluding hydrogens is 236 g/mol. The van der Waals surface area contributed by atoms with E-state index in [-0.39, 0.29) is 6.10 Å². The number of ether oxygens (including phenoxy) is 1. The third-order valence-electron chi connectivity index (χ3n) is 4.93. The van der Waals surface area contributed by atoms with Crippen LogP contribution in [0.3, 0.4) is 0 Å². The molecule has 3 heteroatoms. The van der Waals surface area contributed by atoms with Crippen LogP contribution in [0.2, 0.25) is 0 Å². The van der Waals surface area contributed by atoms with E-state index in [0.29, 0.717) is 16.7 Å². The van der Waals surface area contributed by atoms with E-state index in [1.807, 2.05) is 26.0 Å². The van der Waals surface area contributed by atoms with Crippen molar-refractivity contribution >= 4 is 5.82 Å². The lowest BCUT2D eigenvalue weighted by molar-refractivity contribution is 0.243. The summed E-state index contributed by atoms with van der Waals surface area (Å²) in [6, 6.07) is 3.88. The zero-order chi connectivity index (χ0) is 14.3. The first-order valence-electron chi connectivity index (χ1n) is 7.12. The molecule has 1 saturated carbocycles. The van der Waals surface area contributed by atoms with Gasteiger partial charge in [-0.25, -0.2) is 4.98 Å². The molecule has 1 heterocycles. The predicted molar refractivity (Wildman–Crippen MR) is 79.5 cm³/mol. The highest BCUT2D eigenvalue weighted by Crippen LogP contribution is 2.68. The molecule has 2 rings (SSSR count). The van der Waals surface area contributed by atoms with Crippen molar-refractivity contribution in [1.82, 2.24) is 4.98 Å². The van der Waals surface area contributed by atoms with Crippen LogP contribution in [-0.2, 0) is 0 Å². The van der Waals surface area contributed by atoms with E-state index in [4.69, 9.17) is 4.74 Å². The molecular formula is C16H26N2O. The fourth-order valence-electron chi connectivity index (χ4n) is 2.91. The molecule has 1 aromatic heterocycles. The minimum Gasteiger partial charge on any atom is -0.487 e. The second-order valence-corrected chi connectivity index (χ2v) is 6.89. The molecule has 0 aliphatic heterocycles. The van der Waals surface area contributed by atoms with Crippen molar-refractivity contribution in [2.24, 2.45) is 16.7 Å². The van der Waals surface area contributed by atoms with Gasteiger partial charge in [0.05, 0.1) is 6.10 Å². The molecule has 3 nitrogen and oxygen atoms in total. The van der Waals surface area contributed by atoms with E-state index >= 15 is 0 Å². The topological polar surface area (TPSA) is 34.1 Å². The number of hydrogen-bond acceptors (Lipinski definition) is 3. The molecule has 1 N–H and O–H groups in total. The number of anilines is 1. The molecule has 0 spiro atoms. The normalized spacial score (nSPS) is 20.4. The summed E-state index contributed by atoms with van der Waals surface area (Å²) in [6.07, 6.45) is 1.97. The van der Waals surface area contributed by atoms with Gasteiger partial charge in [0.25, 0.3) is 0 Å². The lowest BCUT2D eigenvalue weighted by atomic mass is 10.0. The van der Waals surface area contributed by atoms with Crippen LogP contribution in [-0.4, -0.2) is 17.6 Å². The maximum atomic E-state index is 5.78. The standard InChI is InChI=1S/C16H26N2O/c1-11(2)19-12-8-7-9-17-14(12)18-10-13-15(3,4)16(13,5)6/h7-9,11,13H,10H2,1-6H3,(H,17,18). The Morgan fingerprint density at radius 2 is 1.89 bits per heavy atom. The summed E-state index contributed by atoms with van der Waals surface area (Å²) in [6.45, 7) is 14.4. The highest BCUT2D eigenvalue weighted by Gasteiger charge is 2.64. The van der Waals surface area contributed by atoms with Crippen molar-refractivity contribution in [3.63, 3.8) is 0 Å². The highest BCUT2D eigenvalue weighted by atomic mass is 16.5. The molecule has 1 fully saturated rings. The van der Waals surface area contributed by atoms with E-state index in [1.54, 1.807) is 6.20 Å². The summed E-state index contributed by atoms with van der Waals surface area (Å²) in [4.78, 5) is 4.39. The number of nitrogens with one attached hydrogen (secondary N) is 1. The van der Waals surface area contributed by atoms with Crippen LogP contribution in [0.5, 0.6) is 5.75 Å². The van der Waals surface area contributed by atoms with Gasteiger partial charge in [-0.05, 0) is 42.7 Å². The largest absolute Gasteiger partial charge is 0.487 e. The van der Waals surface area contributed by atoms with Crippen molar-refractivity contribution in [2.45, 2.75) is 47.6 Å². The molecule has 0 atom stereocenters. The van der Waals surface area contributed by atoms with E-state index in [0.717, 1.165) is 18.1 Å². The summed E-state index contributed by atoms with van der Waals surface area (Å²) < 4.78 is 5.78. The van der Waals surface area contributed by atoms with Gasteiger partial charge in [0.15, 0.2) is 11.6 Å². The highest BCUT2D eigenvalue weighted by molar-refractivity contribution is 5.49. The third-order valence-corrected chi connectivity index (χ3v) is 4.93. The second kappa shape index (κ2) is 4.69. The average Bonchev–Trinajstić information content (AvgIpc) is 2.68. The number of aromatic nitrogens is 1. The Bertz CT molecular complexity index is 438. The van der Waals surface area contributed by atoms with Gasteiger partial charge < -0.3 is 10.1 Å². The molecule has 0 amide bonds. The predicted octanol–water partition coefficient (Wildman–Crippen LogP) is 3.96. The monoisotopic (exact) mass is 262 g/mol. The smallest absolute Gasteiger partial charge is 0.168 e. The molecule has 0 aromatic carbocycles. The summed E-state index contributed by atoms with van der Waals surface area (Å²) >= 11 is 0. The van der Waals surface area contributed by atoms with Crippen molar-refractivity contribution in [2.75, 3.05) is 11.9 Å². The SMILES string of the molecule is CC(C)Oc1cccnc1NCC1C(C)(C)C1(C)C. The van der Waals surface area contributed by atoms with E-state index in [9.17, 15) is 0 Å². The van der Waals surface area contributed by atoms with Gasteiger partial charge in [0.1, 0.15) is 0 Å². The van der Waals surface area contributed by atoms with Crippen LogP contribution in [0, 0.1) is 16.7 Å². The Balaban J connectivity index is 2.01. The first-order valence-corrected chi connectivity index (χ1v) is 7.12. The Hall–Kier alpha value is -1.25. The lowest BCUT2D eigenvalue weighted by Crippen LogP contribution is -2.13. The quantitative estimate of drug-likeness (QED) is 0.872. The van der Waals surface area contributed by atoms with Gasteiger partial charge in [-0.3, -0.25) is 0 Å². The van der Waals surface area contributed by atoms with E-state index in [2.05, 4.69) is 38.0 Å². The maximum absolute atomic E-state index is 5.78. The van der Waals surface area contributed by atoms with Gasteiger partial charge in [0, 0.05) is 12.7 Å². The zero-order valence-electron chi connectivity index (χ0n) is 12.9. The van der Waals surface area contributed by atoms with Crippen LogP contribution in [0.4, 0.5) is 5.82 Å². The van der Waals surface area contributed by atoms with Gasteiger partial charge in [0.2, 0.25) is 0 Å². The van der Waals surface area contributed by atoms with Crippen molar-refractivity contribution in [3.8, 4) is 5.75 Å². The first kappa shape index (κ1) is 14.2. The van der Waals surface area contributed by atoms with Crippen LogP contribution in [0.25, 0.3) is 0 Å². The number of hydrogen-bond donors (Lipinski definition) is 1. The maximum Gasteiger partial charge on any atom is 0.168 e. The molecule has 0 radical (unpaired) electrons. The summed E-state index contributed by atoms with van der Waals surface area (Å²) in [7, 11) is 0. The van der Waals surface area contributed by atoms with Crippen LogP contribution in [0.15, 0.2) is 18.3 Å². The fourth-order valence-corrected chi connectivity index (χ4v) is 2.91. The molecule has 0 saturated heterocycles. The van der Waals surface area contributed by atoms with Crippen molar-refractivity contribution in [1.29, 1.82) is 0 Å². The molecule has 19 heavy (non-hydrogen) atoms. The summed E-state index contributed by atoms with van der Waals surface area (Å²) in [5.74, 6) is 2.37. The Morgan fingerprint density at radius 1 is 1.26 bits per heavy atom. The minimum absolute atomic E-state index is 0.165. The van der Waals surface area contributed by atoms with Crippen LogP contribution >= 0.6 is 0 Å². The van der Waals surface area contributed by atoms with Gasteiger partial charge >= 0.3 is 0 Å². The Kier molecular flexibility index (Phi) is 3.50. The minimum atomic E-state index is 0.165. The van der Waals surface area contributed by atoms with Crippen molar-refractivity contribution in [3.05, 3.63) is 18.3 Å². The number of rotatable bonds is 5. The molecule has 1 aromatic rings. The summed E-state index contributed by atoms with van der Waals surface area (Å²) in [5.41, 5.74) is 0.793. The Morgan fingerprint density at radius 3 is 2.42 bits per heavy atom. The molecule has 106 valence electrons.